The van der Waals surface area contributed by atoms with Crippen LogP contribution in [-0.2, 0) is 13.0 Å². The molecular weight excluding hydrogens is 384 g/mol. The summed E-state index contributed by atoms with van der Waals surface area (Å²) in [6.45, 7) is 7.56. The molecule has 2 nitrogen and oxygen atoms in total. The maximum atomic E-state index is 2.39. The number of imidazole rings is 1. The van der Waals surface area contributed by atoms with Crippen molar-refractivity contribution in [2.45, 2.75) is 40.2 Å². The van der Waals surface area contributed by atoms with Gasteiger partial charge in [0.1, 0.15) is 18.1 Å². The van der Waals surface area contributed by atoms with Crippen molar-refractivity contribution in [2.75, 3.05) is 0 Å². The molecule has 0 N–H and O–H groups in total. The minimum atomic E-state index is 0. The zero-order chi connectivity index (χ0) is 17.4. The summed E-state index contributed by atoms with van der Waals surface area (Å²) in [5.74, 6) is 0. The van der Waals surface area contributed by atoms with Gasteiger partial charge in [-0.25, -0.2) is 9.13 Å². The normalized spacial score (nSPS) is 12.5. The number of nitrogens with zero attached hydrogens (tertiary/aromatic N) is 2. The molecule has 1 heterocycles. The minimum absolute atomic E-state index is 0. The second-order valence-corrected chi connectivity index (χ2v) is 7.15. The maximum absolute atomic E-state index is 2.39. The molecule has 0 saturated heterocycles. The molecule has 0 radical (unpaired) electrons. The van der Waals surface area contributed by atoms with Gasteiger partial charge in [0.2, 0.25) is 6.33 Å². The molecular formula is C23H25BrN2. The molecule has 4 rings (SSSR count). The lowest BCUT2D eigenvalue weighted by Crippen LogP contribution is -3.00. The summed E-state index contributed by atoms with van der Waals surface area (Å²) >= 11 is 0. The molecule has 0 unspecified atom stereocenters. The second kappa shape index (κ2) is 7.63. The highest BCUT2D eigenvalue weighted by molar-refractivity contribution is 5.72. The Morgan fingerprint density at radius 1 is 1.04 bits per heavy atom. The molecule has 2 aromatic carbocycles. The van der Waals surface area contributed by atoms with E-state index in [9.17, 15) is 0 Å². The summed E-state index contributed by atoms with van der Waals surface area (Å²) in [6.07, 6.45) is 11.1. The third-order valence-electron chi connectivity index (χ3n) is 5.16. The van der Waals surface area contributed by atoms with Crippen LogP contribution < -0.4 is 21.5 Å². The van der Waals surface area contributed by atoms with Crippen LogP contribution in [0.25, 0.3) is 11.3 Å². The summed E-state index contributed by atoms with van der Waals surface area (Å²) in [5.41, 5.74) is 9.66. The Morgan fingerprint density at radius 2 is 1.77 bits per heavy atom. The van der Waals surface area contributed by atoms with Crippen molar-refractivity contribution in [3.8, 4) is 5.69 Å². The van der Waals surface area contributed by atoms with Crippen LogP contribution in [0.5, 0.6) is 0 Å². The van der Waals surface area contributed by atoms with Gasteiger partial charge in [-0.05, 0) is 55.0 Å². The van der Waals surface area contributed by atoms with Crippen LogP contribution in [0.15, 0.2) is 61.2 Å². The summed E-state index contributed by atoms with van der Waals surface area (Å²) in [5, 5.41) is 0. The zero-order valence-electron chi connectivity index (χ0n) is 15.7. The Labute approximate surface area is 166 Å². The number of hydrogen-bond donors (Lipinski definition) is 0. The van der Waals surface area contributed by atoms with Gasteiger partial charge in [0.05, 0.1) is 6.54 Å². The van der Waals surface area contributed by atoms with Gasteiger partial charge in [-0.2, -0.15) is 0 Å². The van der Waals surface area contributed by atoms with Crippen LogP contribution in [-0.4, -0.2) is 4.57 Å². The first-order chi connectivity index (χ1) is 12.1. The summed E-state index contributed by atoms with van der Waals surface area (Å²) < 4.78 is 4.54. The standard InChI is InChI=1S/C23H25N2.BrH/c1-17-14-18(2)23(19(3)15-17)25-13-12-24(16-25)11-10-21-9-8-20-6-4-5-7-22(20)21;/h4-7,9,12-16H,8,10-11H2,1-3H3;1H/q+1;/p-1. The third kappa shape index (κ3) is 3.54. The maximum Gasteiger partial charge on any atom is 0.249 e. The molecule has 1 aliphatic carbocycles. The number of hydrogen-bond acceptors (Lipinski definition) is 0. The van der Waals surface area contributed by atoms with Crippen molar-refractivity contribution in [3.05, 3.63) is 89.0 Å². The third-order valence-corrected chi connectivity index (χ3v) is 5.16. The molecule has 0 aliphatic heterocycles. The molecule has 0 atom stereocenters. The molecule has 26 heavy (non-hydrogen) atoms. The number of rotatable bonds is 4. The fraction of sp³-hybridized carbons (Fsp3) is 0.261. The minimum Gasteiger partial charge on any atom is -1.00 e. The first kappa shape index (κ1) is 18.7. The smallest absolute Gasteiger partial charge is 0.249 e. The van der Waals surface area contributed by atoms with Crippen molar-refractivity contribution in [1.29, 1.82) is 0 Å². The quantitative estimate of drug-likeness (QED) is 0.581. The molecule has 0 fully saturated rings. The summed E-state index contributed by atoms with van der Waals surface area (Å²) in [4.78, 5) is 0. The monoisotopic (exact) mass is 408 g/mol. The van der Waals surface area contributed by atoms with E-state index in [1.165, 1.54) is 39.1 Å². The number of benzene rings is 2. The number of halogens is 1. The Morgan fingerprint density at radius 3 is 2.54 bits per heavy atom. The lowest BCUT2D eigenvalue weighted by Gasteiger charge is -2.07. The largest absolute Gasteiger partial charge is 1.00 e. The van der Waals surface area contributed by atoms with Gasteiger partial charge in [-0.3, -0.25) is 0 Å². The predicted octanol–water partition coefficient (Wildman–Crippen LogP) is 1.72. The van der Waals surface area contributed by atoms with Crippen molar-refractivity contribution < 1.29 is 21.5 Å². The van der Waals surface area contributed by atoms with Gasteiger partial charge in [0, 0.05) is 6.42 Å². The Balaban J connectivity index is 0.00000196. The van der Waals surface area contributed by atoms with E-state index in [2.05, 4.69) is 91.1 Å². The Hall–Kier alpha value is -2.13. The van der Waals surface area contributed by atoms with E-state index in [0.29, 0.717) is 0 Å². The van der Waals surface area contributed by atoms with Crippen LogP contribution in [0.2, 0.25) is 0 Å². The number of aryl methyl sites for hydroxylation is 4. The molecule has 1 aromatic heterocycles. The van der Waals surface area contributed by atoms with Crippen LogP contribution in [0, 0.1) is 20.8 Å². The molecule has 0 saturated carbocycles. The van der Waals surface area contributed by atoms with Crippen molar-refractivity contribution >= 4 is 5.57 Å². The van der Waals surface area contributed by atoms with E-state index in [1.807, 2.05) is 0 Å². The Kier molecular flexibility index (Phi) is 5.47. The van der Waals surface area contributed by atoms with E-state index >= 15 is 0 Å². The van der Waals surface area contributed by atoms with Crippen molar-refractivity contribution in [3.63, 3.8) is 0 Å². The number of allylic oxidation sites excluding steroid dienone is 2. The second-order valence-electron chi connectivity index (χ2n) is 7.15. The molecule has 0 amide bonds. The summed E-state index contributed by atoms with van der Waals surface area (Å²) in [7, 11) is 0. The van der Waals surface area contributed by atoms with Crippen LogP contribution >= 0.6 is 0 Å². The molecule has 0 bridgehead atoms. The molecule has 3 heteroatoms. The molecule has 3 aromatic rings. The average molecular weight is 409 g/mol. The first-order valence-corrected chi connectivity index (χ1v) is 9.04. The lowest BCUT2D eigenvalue weighted by molar-refractivity contribution is -0.695. The highest BCUT2D eigenvalue weighted by Crippen LogP contribution is 2.29. The van der Waals surface area contributed by atoms with Gasteiger partial charge in [0.15, 0.2) is 0 Å². The number of fused-ring (bicyclic) bond motifs is 1. The van der Waals surface area contributed by atoms with Crippen LogP contribution in [0.4, 0.5) is 0 Å². The van der Waals surface area contributed by atoms with Crippen LogP contribution in [0.3, 0.4) is 0 Å². The van der Waals surface area contributed by atoms with Gasteiger partial charge in [-0.15, -0.1) is 0 Å². The number of aromatic nitrogens is 2. The fourth-order valence-corrected chi connectivity index (χ4v) is 4.08. The van der Waals surface area contributed by atoms with E-state index in [-0.39, 0.29) is 17.0 Å². The van der Waals surface area contributed by atoms with E-state index in [4.69, 9.17) is 0 Å². The highest BCUT2D eigenvalue weighted by Gasteiger charge is 2.16. The van der Waals surface area contributed by atoms with E-state index in [0.717, 1.165) is 19.4 Å². The van der Waals surface area contributed by atoms with Crippen molar-refractivity contribution in [2.24, 2.45) is 0 Å². The Bertz CT molecular complexity index is 943. The average Bonchev–Trinajstić information content (AvgIpc) is 3.19. The molecule has 0 spiro atoms. The molecule has 134 valence electrons. The van der Waals surface area contributed by atoms with Crippen molar-refractivity contribution in [1.82, 2.24) is 4.57 Å². The topological polar surface area (TPSA) is 8.81 Å². The SMILES string of the molecule is Cc1cc(C)c(-n2cc[n+](CCC3=CCc4ccccc43)c2)c(C)c1.[Br-]. The first-order valence-electron chi connectivity index (χ1n) is 9.04. The predicted molar refractivity (Wildman–Crippen MR) is 103 cm³/mol. The van der Waals surface area contributed by atoms with E-state index in [1.54, 1.807) is 0 Å². The molecule has 1 aliphatic rings. The lowest BCUT2D eigenvalue weighted by atomic mass is 10.0. The van der Waals surface area contributed by atoms with Crippen LogP contribution in [0.1, 0.15) is 34.2 Å². The highest BCUT2D eigenvalue weighted by atomic mass is 79.9. The van der Waals surface area contributed by atoms with Gasteiger partial charge in [0.25, 0.3) is 0 Å². The van der Waals surface area contributed by atoms with Gasteiger partial charge in [-0.1, -0.05) is 48.0 Å². The summed E-state index contributed by atoms with van der Waals surface area (Å²) in [6, 6.07) is 13.3. The van der Waals surface area contributed by atoms with E-state index < -0.39 is 0 Å². The van der Waals surface area contributed by atoms with Gasteiger partial charge < -0.3 is 17.0 Å². The fourth-order valence-electron chi connectivity index (χ4n) is 4.08. The van der Waals surface area contributed by atoms with Gasteiger partial charge >= 0.3 is 0 Å². The zero-order valence-corrected chi connectivity index (χ0v) is 17.3.